The van der Waals surface area contributed by atoms with Crippen LogP contribution in [0.5, 0.6) is 0 Å². The summed E-state index contributed by atoms with van der Waals surface area (Å²) in [6.45, 7) is 1.91. The van der Waals surface area contributed by atoms with E-state index in [1.165, 1.54) is 0 Å². The number of hydrogen-bond donors (Lipinski definition) is 2. The van der Waals surface area contributed by atoms with Crippen molar-refractivity contribution in [2.75, 3.05) is 17.2 Å². The number of nitrogens with zero attached hydrogens (tertiary/aromatic N) is 1. The normalized spacial score (nSPS) is 9.76. The second-order valence-electron chi connectivity index (χ2n) is 4.49. The Kier molecular flexibility index (Phi) is 4.81. The van der Waals surface area contributed by atoms with Gasteiger partial charge in [0.2, 0.25) is 5.91 Å². The van der Waals surface area contributed by atoms with E-state index < -0.39 is 0 Å². The largest absolute Gasteiger partial charge is 0.375 e. The molecular weight excluding hydrogens is 286 g/mol. The van der Waals surface area contributed by atoms with Gasteiger partial charge in [0.1, 0.15) is 6.07 Å². The molecule has 0 heterocycles. The van der Waals surface area contributed by atoms with Gasteiger partial charge >= 0.3 is 0 Å². The summed E-state index contributed by atoms with van der Waals surface area (Å²) >= 11 is 5.98. The molecule has 4 nitrogen and oxygen atoms in total. The van der Waals surface area contributed by atoms with Gasteiger partial charge in [-0.15, -0.1) is 0 Å². The first-order chi connectivity index (χ1) is 10.1. The van der Waals surface area contributed by atoms with Gasteiger partial charge in [-0.2, -0.15) is 5.26 Å². The standard InChI is InChI=1S/C16H14ClN3O/c1-11-5-4-8-14(12(11)9-18)19-10-16(21)20-15-7-3-2-6-13(15)17/h2-8,19H,10H2,1H3,(H,20,21). The molecule has 0 spiro atoms. The molecule has 0 aliphatic carbocycles. The van der Waals surface area contributed by atoms with Crippen molar-refractivity contribution in [3.63, 3.8) is 0 Å². The summed E-state index contributed by atoms with van der Waals surface area (Å²) in [5.74, 6) is -0.228. The van der Waals surface area contributed by atoms with E-state index in [-0.39, 0.29) is 12.5 Å². The predicted molar refractivity (Wildman–Crippen MR) is 84.5 cm³/mol. The van der Waals surface area contributed by atoms with Gasteiger partial charge in [0.05, 0.1) is 28.5 Å². The molecule has 0 unspecified atom stereocenters. The van der Waals surface area contributed by atoms with Crippen molar-refractivity contribution in [1.82, 2.24) is 0 Å². The number of amides is 1. The van der Waals surface area contributed by atoms with Crippen molar-refractivity contribution in [2.45, 2.75) is 6.92 Å². The first kappa shape index (κ1) is 14.9. The predicted octanol–water partition coefficient (Wildman–Crippen LogP) is 3.57. The molecule has 2 rings (SSSR count). The molecule has 106 valence electrons. The minimum atomic E-state index is -0.228. The Morgan fingerprint density at radius 1 is 1.19 bits per heavy atom. The Morgan fingerprint density at radius 2 is 1.90 bits per heavy atom. The van der Waals surface area contributed by atoms with Crippen LogP contribution in [0.1, 0.15) is 11.1 Å². The van der Waals surface area contributed by atoms with E-state index in [0.717, 1.165) is 5.56 Å². The van der Waals surface area contributed by atoms with E-state index in [4.69, 9.17) is 16.9 Å². The maximum Gasteiger partial charge on any atom is 0.243 e. The molecular formula is C16H14ClN3O. The number of nitrogens with one attached hydrogen (secondary N) is 2. The van der Waals surface area contributed by atoms with Crippen LogP contribution >= 0.6 is 11.6 Å². The topological polar surface area (TPSA) is 64.9 Å². The highest BCUT2D eigenvalue weighted by atomic mass is 35.5. The van der Waals surface area contributed by atoms with E-state index >= 15 is 0 Å². The van der Waals surface area contributed by atoms with Crippen LogP contribution in [0.25, 0.3) is 0 Å². The summed E-state index contributed by atoms with van der Waals surface area (Å²) in [5, 5.41) is 15.3. The Morgan fingerprint density at radius 3 is 2.62 bits per heavy atom. The number of rotatable bonds is 4. The Labute approximate surface area is 128 Å². The molecule has 0 saturated carbocycles. The van der Waals surface area contributed by atoms with Gasteiger partial charge in [-0.25, -0.2) is 0 Å². The van der Waals surface area contributed by atoms with Crippen molar-refractivity contribution in [3.8, 4) is 6.07 Å². The lowest BCUT2D eigenvalue weighted by molar-refractivity contribution is -0.114. The van der Waals surface area contributed by atoms with Crippen LogP contribution < -0.4 is 10.6 Å². The summed E-state index contributed by atoms with van der Waals surface area (Å²) in [4.78, 5) is 11.9. The summed E-state index contributed by atoms with van der Waals surface area (Å²) in [6, 6.07) is 14.6. The lowest BCUT2D eigenvalue weighted by Crippen LogP contribution is -2.22. The molecule has 2 aromatic rings. The Bertz CT molecular complexity index is 707. The molecule has 0 radical (unpaired) electrons. The third-order valence-electron chi connectivity index (χ3n) is 2.97. The summed E-state index contributed by atoms with van der Waals surface area (Å²) in [5.41, 5.74) is 2.62. The fourth-order valence-electron chi connectivity index (χ4n) is 1.90. The second kappa shape index (κ2) is 6.78. The molecule has 2 aromatic carbocycles. The van der Waals surface area contributed by atoms with E-state index in [9.17, 15) is 4.79 Å². The SMILES string of the molecule is Cc1cccc(NCC(=O)Nc2ccccc2Cl)c1C#N. The number of halogens is 1. The number of hydrogen-bond acceptors (Lipinski definition) is 3. The van der Waals surface area contributed by atoms with Gasteiger partial charge in [-0.05, 0) is 30.7 Å². The van der Waals surface area contributed by atoms with Crippen LogP contribution in [0.3, 0.4) is 0 Å². The number of anilines is 2. The summed E-state index contributed by atoms with van der Waals surface area (Å²) < 4.78 is 0. The zero-order valence-electron chi connectivity index (χ0n) is 11.5. The first-order valence-corrected chi connectivity index (χ1v) is 6.77. The van der Waals surface area contributed by atoms with Crippen molar-refractivity contribution in [1.29, 1.82) is 5.26 Å². The minimum Gasteiger partial charge on any atom is -0.375 e. The Hall–Kier alpha value is -2.51. The number of carbonyl (C=O) groups excluding carboxylic acids is 1. The molecule has 0 aromatic heterocycles. The fraction of sp³-hybridized carbons (Fsp3) is 0.125. The summed E-state index contributed by atoms with van der Waals surface area (Å²) in [7, 11) is 0. The van der Waals surface area contributed by atoms with Crippen LogP contribution in [-0.4, -0.2) is 12.5 Å². The average Bonchev–Trinajstić information content (AvgIpc) is 2.47. The molecule has 2 N–H and O–H groups in total. The Balaban J connectivity index is 2.01. The second-order valence-corrected chi connectivity index (χ2v) is 4.90. The fourth-order valence-corrected chi connectivity index (χ4v) is 2.08. The third-order valence-corrected chi connectivity index (χ3v) is 3.30. The zero-order chi connectivity index (χ0) is 15.2. The number of nitriles is 1. The quantitative estimate of drug-likeness (QED) is 0.907. The van der Waals surface area contributed by atoms with E-state index in [1.54, 1.807) is 30.3 Å². The number of benzene rings is 2. The van der Waals surface area contributed by atoms with Crippen molar-refractivity contribution >= 4 is 28.9 Å². The molecule has 1 amide bonds. The van der Waals surface area contributed by atoms with Crippen LogP contribution in [0.2, 0.25) is 5.02 Å². The van der Waals surface area contributed by atoms with Gasteiger partial charge in [0, 0.05) is 0 Å². The third kappa shape index (κ3) is 3.74. The zero-order valence-corrected chi connectivity index (χ0v) is 12.2. The van der Waals surface area contributed by atoms with Crippen molar-refractivity contribution in [3.05, 3.63) is 58.6 Å². The van der Waals surface area contributed by atoms with Gasteiger partial charge < -0.3 is 10.6 Å². The number of para-hydroxylation sites is 1. The van der Waals surface area contributed by atoms with Crippen molar-refractivity contribution < 1.29 is 4.79 Å². The van der Waals surface area contributed by atoms with E-state index in [2.05, 4.69) is 16.7 Å². The molecule has 21 heavy (non-hydrogen) atoms. The van der Waals surface area contributed by atoms with Gasteiger partial charge in [-0.3, -0.25) is 4.79 Å². The lowest BCUT2D eigenvalue weighted by Gasteiger charge is -2.11. The minimum absolute atomic E-state index is 0.0589. The molecule has 0 atom stereocenters. The van der Waals surface area contributed by atoms with E-state index in [0.29, 0.717) is 22.0 Å². The highest BCUT2D eigenvalue weighted by molar-refractivity contribution is 6.33. The number of aryl methyl sites for hydroxylation is 1. The highest BCUT2D eigenvalue weighted by Crippen LogP contribution is 2.21. The highest BCUT2D eigenvalue weighted by Gasteiger charge is 2.08. The summed E-state index contributed by atoms with van der Waals surface area (Å²) in [6.07, 6.45) is 0. The first-order valence-electron chi connectivity index (χ1n) is 6.40. The van der Waals surface area contributed by atoms with Crippen LogP contribution in [0, 0.1) is 18.3 Å². The van der Waals surface area contributed by atoms with Crippen LogP contribution in [0.4, 0.5) is 11.4 Å². The number of carbonyl (C=O) groups is 1. The average molecular weight is 300 g/mol. The van der Waals surface area contributed by atoms with Crippen LogP contribution in [0.15, 0.2) is 42.5 Å². The molecule has 0 fully saturated rings. The maximum absolute atomic E-state index is 11.9. The maximum atomic E-state index is 11.9. The van der Waals surface area contributed by atoms with E-state index in [1.807, 2.05) is 19.1 Å². The molecule has 0 saturated heterocycles. The molecule has 5 heteroatoms. The molecule has 0 aliphatic rings. The smallest absolute Gasteiger partial charge is 0.243 e. The molecule has 0 aliphatic heterocycles. The lowest BCUT2D eigenvalue weighted by atomic mass is 10.1. The molecule has 0 bridgehead atoms. The van der Waals surface area contributed by atoms with Gasteiger partial charge in [0.15, 0.2) is 0 Å². The van der Waals surface area contributed by atoms with Gasteiger partial charge in [-0.1, -0.05) is 35.9 Å². The monoisotopic (exact) mass is 299 g/mol. The van der Waals surface area contributed by atoms with Gasteiger partial charge in [0.25, 0.3) is 0 Å². The van der Waals surface area contributed by atoms with Crippen LogP contribution in [-0.2, 0) is 4.79 Å². The van der Waals surface area contributed by atoms with Crippen molar-refractivity contribution in [2.24, 2.45) is 0 Å².